The molecule has 0 spiro atoms. The number of nitrogens with zero attached hydrogens (tertiary/aromatic N) is 2. The number of rotatable bonds is 5. The van der Waals surface area contributed by atoms with E-state index in [4.69, 9.17) is 5.73 Å². The monoisotopic (exact) mass is 324 g/mol. The number of benzene rings is 1. The summed E-state index contributed by atoms with van der Waals surface area (Å²) in [5.74, 6) is -0.186. The van der Waals surface area contributed by atoms with Crippen LogP contribution in [0.25, 0.3) is 0 Å². The minimum absolute atomic E-state index is 0.00293. The Kier molecular flexibility index (Phi) is 3.55. The highest BCUT2D eigenvalue weighted by Gasteiger charge is 2.43. The largest absolute Gasteiger partial charge is 0.586 e. The highest BCUT2D eigenvalue weighted by Crippen LogP contribution is 2.41. The van der Waals surface area contributed by atoms with Gasteiger partial charge in [-0.2, -0.15) is 5.10 Å². The van der Waals surface area contributed by atoms with Crippen LogP contribution in [0.2, 0.25) is 0 Å². The maximum Gasteiger partial charge on any atom is 0.586 e. The van der Waals surface area contributed by atoms with Gasteiger partial charge in [0.1, 0.15) is 5.56 Å². The zero-order valence-electron chi connectivity index (χ0n) is 12.2. The number of aryl methyl sites for hydroxylation is 1. The molecule has 9 heteroatoms. The molecule has 3 N–H and O–H groups in total. The van der Waals surface area contributed by atoms with E-state index < -0.39 is 12.2 Å². The zero-order valence-corrected chi connectivity index (χ0v) is 12.2. The molecule has 122 valence electrons. The molecule has 2 aromatic rings. The number of hydrogen-bond acceptors (Lipinski definition) is 5. The molecule has 23 heavy (non-hydrogen) atoms. The van der Waals surface area contributed by atoms with Crippen molar-refractivity contribution in [3.63, 3.8) is 0 Å². The van der Waals surface area contributed by atoms with Crippen LogP contribution in [0.15, 0.2) is 24.4 Å². The Bertz CT molecular complexity index is 760. The zero-order chi connectivity index (χ0) is 16.6. The van der Waals surface area contributed by atoms with Crippen LogP contribution < -0.4 is 20.5 Å². The van der Waals surface area contributed by atoms with Gasteiger partial charge in [0.2, 0.25) is 0 Å². The topological polar surface area (TPSA) is 91.4 Å². The Morgan fingerprint density at radius 2 is 2.13 bits per heavy atom. The van der Waals surface area contributed by atoms with Crippen molar-refractivity contribution < 1.29 is 23.0 Å². The summed E-state index contributed by atoms with van der Waals surface area (Å²) in [5.41, 5.74) is 6.33. The number of anilines is 1. The van der Waals surface area contributed by atoms with Crippen molar-refractivity contribution in [1.82, 2.24) is 9.78 Å². The van der Waals surface area contributed by atoms with Crippen LogP contribution in [0.5, 0.6) is 11.5 Å². The lowest BCUT2D eigenvalue weighted by Gasteiger charge is -2.06. The molecular weight excluding hydrogens is 310 g/mol. The van der Waals surface area contributed by atoms with Gasteiger partial charge < -0.3 is 20.5 Å². The van der Waals surface area contributed by atoms with Crippen LogP contribution in [0.3, 0.4) is 0 Å². The molecule has 2 heterocycles. The van der Waals surface area contributed by atoms with Crippen molar-refractivity contribution in [2.24, 2.45) is 12.8 Å². The number of halogens is 2. The first-order valence-corrected chi connectivity index (χ1v) is 6.80. The van der Waals surface area contributed by atoms with E-state index in [2.05, 4.69) is 19.9 Å². The number of hydrogen-bond donors (Lipinski definition) is 2. The minimum atomic E-state index is -3.62. The fraction of sp³-hybridized carbons (Fsp3) is 0.286. The summed E-state index contributed by atoms with van der Waals surface area (Å²) in [6.07, 6.45) is -1.59. The molecule has 0 fully saturated rings. The first-order valence-electron chi connectivity index (χ1n) is 6.80. The van der Waals surface area contributed by atoms with Crippen molar-refractivity contribution in [3.05, 3.63) is 35.5 Å². The molecule has 0 saturated carbocycles. The SMILES string of the molecule is Cn1cc(C(N)=O)c(NCCc2ccc3c(c2)OC(F)(F)O3)n1. The normalized spacial score (nSPS) is 14.7. The van der Waals surface area contributed by atoms with Gasteiger partial charge in [-0.05, 0) is 24.1 Å². The summed E-state index contributed by atoms with van der Waals surface area (Å²) in [6.45, 7) is 0.438. The second kappa shape index (κ2) is 5.41. The van der Waals surface area contributed by atoms with Crippen LogP contribution in [-0.2, 0) is 13.5 Å². The van der Waals surface area contributed by atoms with Gasteiger partial charge in [-0.25, -0.2) is 0 Å². The van der Waals surface area contributed by atoms with E-state index in [0.717, 1.165) is 5.56 Å². The van der Waals surface area contributed by atoms with Crippen molar-refractivity contribution >= 4 is 11.7 Å². The fourth-order valence-corrected chi connectivity index (χ4v) is 2.27. The van der Waals surface area contributed by atoms with E-state index in [9.17, 15) is 13.6 Å². The fourth-order valence-electron chi connectivity index (χ4n) is 2.27. The highest BCUT2D eigenvalue weighted by molar-refractivity contribution is 5.97. The molecule has 1 aliphatic heterocycles. The first kappa shape index (κ1) is 15.1. The number of fused-ring (bicyclic) bond motifs is 1. The first-order chi connectivity index (χ1) is 10.8. The van der Waals surface area contributed by atoms with E-state index in [1.165, 1.54) is 23.0 Å². The van der Waals surface area contributed by atoms with E-state index in [0.29, 0.717) is 18.8 Å². The summed E-state index contributed by atoms with van der Waals surface area (Å²) >= 11 is 0. The quantitative estimate of drug-likeness (QED) is 0.869. The molecule has 0 unspecified atom stereocenters. The van der Waals surface area contributed by atoms with Gasteiger partial charge in [0.25, 0.3) is 5.91 Å². The Hall–Kier alpha value is -2.84. The van der Waals surface area contributed by atoms with Crippen LogP contribution in [0.4, 0.5) is 14.6 Å². The average molecular weight is 324 g/mol. The van der Waals surface area contributed by atoms with Gasteiger partial charge in [-0.1, -0.05) is 6.07 Å². The molecule has 0 aliphatic carbocycles. The maximum atomic E-state index is 13.0. The minimum Gasteiger partial charge on any atom is -0.395 e. The molecule has 0 radical (unpaired) electrons. The smallest absolute Gasteiger partial charge is 0.395 e. The number of nitrogens with two attached hydrogens (primary N) is 1. The van der Waals surface area contributed by atoms with Crippen LogP contribution in [-0.4, -0.2) is 28.5 Å². The number of alkyl halides is 2. The summed E-state index contributed by atoms with van der Waals surface area (Å²) in [4.78, 5) is 11.3. The van der Waals surface area contributed by atoms with Gasteiger partial charge in [0.15, 0.2) is 17.3 Å². The van der Waals surface area contributed by atoms with Gasteiger partial charge >= 0.3 is 6.29 Å². The molecule has 0 saturated heterocycles. The van der Waals surface area contributed by atoms with Gasteiger partial charge in [-0.3, -0.25) is 9.48 Å². The number of carbonyl (C=O) groups is 1. The lowest BCUT2D eigenvalue weighted by atomic mass is 10.1. The van der Waals surface area contributed by atoms with Crippen molar-refractivity contribution in [2.75, 3.05) is 11.9 Å². The average Bonchev–Trinajstić information content (AvgIpc) is 2.96. The van der Waals surface area contributed by atoms with E-state index >= 15 is 0 Å². The molecule has 1 aliphatic rings. The molecule has 3 rings (SSSR count). The summed E-state index contributed by atoms with van der Waals surface area (Å²) in [6, 6.07) is 4.59. The van der Waals surface area contributed by atoms with Gasteiger partial charge in [0.05, 0.1) is 0 Å². The molecule has 7 nitrogen and oxygen atoms in total. The molecule has 1 aromatic heterocycles. The lowest BCUT2D eigenvalue weighted by Crippen LogP contribution is -2.25. The number of amides is 1. The lowest BCUT2D eigenvalue weighted by molar-refractivity contribution is -0.286. The number of aromatic nitrogens is 2. The third-order valence-corrected chi connectivity index (χ3v) is 3.27. The summed E-state index contributed by atoms with van der Waals surface area (Å²) < 4.78 is 36.1. The maximum absolute atomic E-state index is 13.0. The van der Waals surface area contributed by atoms with Crippen molar-refractivity contribution in [1.29, 1.82) is 0 Å². The number of nitrogens with one attached hydrogen (secondary N) is 1. The summed E-state index contributed by atoms with van der Waals surface area (Å²) in [5, 5.41) is 7.10. The predicted octanol–water partition coefficient (Wildman–Crippen LogP) is 1.50. The van der Waals surface area contributed by atoms with E-state index in [-0.39, 0.29) is 17.1 Å². The third-order valence-electron chi connectivity index (χ3n) is 3.27. The van der Waals surface area contributed by atoms with Gasteiger partial charge in [0, 0.05) is 19.8 Å². The summed E-state index contributed by atoms with van der Waals surface area (Å²) in [7, 11) is 1.68. The van der Waals surface area contributed by atoms with Gasteiger partial charge in [-0.15, -0.1) is 8.78 Å². The van der Waals surface area contributed by atoms with E-state index in [1.54, 1.807) is 13.1 Å². The second-order valence-electron chi connectivity index (χ2n) is 5.05. The number of ether oxygens (including phenoxy) is 2. The van der Waals surface area contributed by atoms with Crippen molar-refractivity contribution in [3.8, 4) is 11.5 Å². The van der Waals surface area contributed by atoms with E-state index in [1.807, 2.05) is 0 Å². The molecule has 0 bridgehead atoms. The molecular formula is C14H14F2N4O3. The Morgan fingerprint density at radius 3 is 2.87 bits per heavy atom. The van der Waals surface area contributed by atoms with Crippen LogP contribution in [0, 0.1) is 0 Å². The Balaban J connectivity index is 1.63. The Labute approximate surface area is 130 Å². The predicted molar refractivity (Wildman–Crippen MR) is 76.6 cm³/mol. The molecule has 0 atom stereocenters. The van der Waals surface area contributed by atoms with Crippen molar-refractivity contribution in [2.45, 2.75) is 12.7 Å². The molecule has 1 aromatic carbocycles. The standard InChI is InChI=1S/C14H14F2N4O3/c1-20-7-9(12(17)21)13(19-20)18-5-4-8-2-3-10-11(6-8)23-14(15,16)22-10/h2-3,6-7H,4-5H2,1H3,(H2,17,21)(H,18,19). The molecule has 1 amide bonds. The second-order valence-corrected chi connectivity index (χ2v) is 5.05. The van der Waals surface area contributed by atoms with Crippen LogP contribution in [0.1, 0.15) is 15.9 Å². The highest BCUT2D eigenvalue weighted by atomic mass is 19.3. The Morgan fingerprint density at radius 1 is 1.39 bits per heavy atom. The number of primary amides is 1. The third kappa shape index (κ3) is 3.17. The van der Waals surface area contributed by atoms with Crippen LogP contribution >= 0.6 is 0 Å². The number of carbonyl (C=O) groups excluding carboxylic acids is 1.